The summed E-state index contributed by atoms with van der Waals surface area (Å²) in [6.07, 6.45) is 1.59. The van der Waals surface area contributed by atoms with Gasteiger partial charge in [-0.1, -0.05) is 24.3 Å². The van der Waals surface area contributed by atoms with Crippen LogP contribution in [0.3, 0.4) is 0 Å². The first kappa shape index (κ1) is 11.9. The maximum absolute atomic E-state index is 5.03. The number of rotatable bonds is 5. The van der Waals surface area contributed by atoms with Gasteiger partial charge in [-0.15, -0.1) is 0 Å². The summed E-state index contributed by atoms with van der Waals surface area (Å²) < 4.78 is 10.1. The van der Waals surface area contributed by atoms with Gasteiger partial charge in [-0.25, -0.2) is 0 Å². The number of aliphatic imine (C=N–C) groups is 1. The first-order valence-electron chi connectivity index (χ1n) is 4.89. The molecule has 0 aliphatic heterocycles. The Hall–Kier alpha value is -1.19. The van der Waals surface area contributed by atoms with Gasteiger partial charge in [0.15, 0.2) is 6.29 Å². The van der Waals surface area contributed by atoms with Gasteiger partial charge >= 0.3 is 0 Å². The quantitative estimate of drug-likeness (QED) is 0.546. The summed E-state index contributed by atoms with van der Waals surface area (Å²) >= 11 is 0. The number of benzene rings is 1. The first-order chi connectivity index (χ1) is 7.27. The van der Waals surface area contributed by atoms with Crippen molar-refractivity contribution in [1.82, 2.24) is 0 Å². The Balaban J connectivity index is 2.54. The molecule has 0 bridgehead atoms. The Kier molecular flexibility index (Phi) is 5.01. The van der Waals surface area contributed by atoms with Crippen LogP contribution in [0.1, 0.15) is 11.1 Å². The van der Waals surface area contributed by atoms with Crippen molar-refractivity contribution >= 4 is 6.21 Å². The van der Waals surface area contributed by atoms with Crippen LogP contribution in [0.4, 0.5) is 0 Å². The maximum Gasteiger partial charge on any atom is 0.176 e. The van der Waals surface area contributed by atoms with E-state index in [4.69, 9.17) is 9.47 Å². The molecule has 0 radical (unpaired) electrons. The molecule has 1 rings (SSSR count). The van der Waals surface area contributed by atoms with E-state index in [1.807, 2.05) is 24.4 Å². The molecule has 0 aliphatic carbocycles. The van der Waals surface area contributed by atoms with Crippen LogP contribution in [0.15, 0.2) is 29.3 Å². The molecule has 15 heavy (non-hydrogen) atoms. The third-order valence-electron chi connectivity index (χ3n) is 2.20. The number of nitrogens with zero attached hydrogens (tertiary/aromatic N) is 1. The first-order valence-corrected chi connectivity index (χ1v) is 4.89. The molecule has 0 atom stereocenters. The highest BCUT2D eigenvalue weighted by atomic mass is 16.7. The van der Waals surface area contributed by atoms with Gasteiger partial charge in [-0.3, -0.25) is 4.99 Å². The Bertz CT molecular complexity index is 319. The lowest BCUT2D eigenvalue weighted by molar-refractivity contribution is -0.0936. The molecule has 0 saturated heterocycles. The van der Waals surface area contributed by atoms with Gasteiger partial charge in [0.1, 0.15) is 0 Å². The summed E-state index contributed by atoms with van der Waals surface area (Å²) in [5.74, 6) is 0. The van der Waals surface area contributed by atoms with Crippen molar-refractivity contribution in [2.24, 2.45) is 4.99 Å². The molecule has 3 nitrogen and oxygen atoms in total. The highest BCUT2D eigenvalue weighted by Crippen LogP contribution is 2.03. The van der Waals surface area contributed by atoms with E-state index in [-0.39, 0.29) is 6.29 Å². The van der Waals surface area contributed by atoms with Gasteiger partial charge in [-0.05, 0) is 18.1 Å². The third kappa shape index (κ3) is 3.81. The number of hydrogen-bond acceptors (Lipinski definition) is 3. The van der Waals surface area contributed by atoms with Crippen LogP contribution in [-0.4, -0.2) is 33.3 Å². The number of aryl methyl sites for hydroxylation is 1. The van der Waals surface area contributed by atoms with Crippen LogP contribution >= 0.6 is 0 Å². The number of ether oxygens (including phenoxy) is 2. The topological polar surface area (TPSA) is 30.8 Å². The average molecular weight is 207 g/mol. The van der Waals surface area contributed by atoms with Crippen LogP contribution in [-0.2, 0) is 9.47 Å². The molecule has 3 heteroatoms. The van der Waals surface area contributed by atoms with Crippen LogP contribution in [0.2, 0.25) is 0 Å². The molecule has 1 aromatic carbocycles. The van der Waals surface area contributed by atoms with Crippen LogP contribution < -0.4 is 0 Å². The molecule has 0 aromatic heterocycles. The van der Waals surface area contributed by atoms with Gasteiger partial charge in [0.05, 0.1) is 6.54 Å². The van der Waals surface area contributed by atoms with Crippen LogP contribution in [0, 0.1) is 6.92 Å². The summed E-state index contributed by atoms with van der Waals surface area (Å²) in [7, 11) is 3.22. The molecule has 1 aromatic rings. The maximum atomic E-state index is 5.03. The van der Waals surface area contributed by atoms with E-state index in [2.05, 4.69) is 18.0 Å². The van der Waals surface area contributed by atoms with E-state index in [0.717, 1.165) is 5.56 Å². The van der Waals surface area contributed by atoms with Crippen molar-refractivity contribution in [3.05, 3.63) is 35.4 Å². The standard InChI is InChI=1S/C12H17NO2/c1-10-6-4-5-7-11(10)8-13-9-12(14-2)15-3/h4-8,12H,9H2,1-3H3/b13-8+. The monoisotopic (exact) mass is 207 g/mol. The molecule has 0 aliphatic rings. The van der Waals surface area contributed by atoms with Crippen molar-refractivity contribution in [2.75, 3.05) is 20.8 Å². The second-order valence-electron chi connectivity index (χ2n) is 3.25. The van der Waals surface area contributed by atoms with Crippen molar-refractivity contribution in [3.8, 4) is 0 Å². The highest BCUT2D eigenvalue weighted by Gasteiger charge is 2.01. The predicted molar refractivity (Wildman–Crippen MR) is 61.4 cm³/mol. The SMILES string of the molecule is COC(C/N=C/c1ccccc1C)OC. The van der Waals surface area contributed by atoms with E-state index >= 15 is 0 Å². The molecular weight excluding hydrogens is 190 g/mol. The third-order valence-corrected chi connectivity index (χ3v) is 2.20. The lowest BCUT2D eigenvalue weighted by Gasteiger charge is -2.09. The Morgan fingerprint density at radius 3 is 2.53 bits per heavy atom. The largest absolute Gasteiger partial charge is 0.354 e. The fraction of sp³-hybridized carbons (Fsp3) is 0.417. The van der Waals surface area contributed by atoms with Crippen LogP contribution in [0.25, 0.3) is 0 Å². The Morgan fingerprint density at radius 1 is 1.27 bits per heavy atom. The van der Waals surface area contributed by atoms with Gasteiger partial charge in [0, 0.05) is 20.4 Å². The second kappa shape index (κ2) is 6.32. The van der Waals surface area contributed by atoms with E-state index in [1.54, 1.807) is 14.2 Å². The minimum Gasteiger partial charge on any atom is -0.354 e. The zero-order valence-electron chi connectivity index (χ0n) is 9.43. The molecule has 0 fully saturated rings. The van der Waals surface area contributed by atoms with E-state index in [0.29, 0.717) is 6.54 Å². The molecule has 0 heterocycles. The zero-order valence-corrected chi connectivity index (χ0v) is 9.43. The minimum absolute atomic E-state index is 0.259. The lowest BCUT2D eigenvalue weighted by atomic mass is 10.1. The molecule has 0 unspecified atom stereocenters. The molecule has 82 valence electrons. The van der Waals surface area contributed by atoms with Gasteiger partial charge < -0.3 is 9.47 Å². The van der Waals surface area contributed by atoms with E-state index < -0.39 is 0 Å². The molecular formula is C12H17NO2. The zero-order chi connectivity index (χ0) is 11.1. The summed E-state index contributed by atoms with van der Waals surface area (Å²) in [4.78, 5) is 4.27. The average Bonchev–Trinajstić information content (AvgIpc) is 2.27. The predicted octanol–water partition coefficient (Wildman–Crippen LogP) is 2.03. The number of methoxy groups -OCH3 is 2. The van der Waals surface area contributed by atoms with Gasteiger partial charge in [-0.2, -0.15) is 0 Å². The summed E-state index contributed by atoms with van der Waals surface area (Å²) in [5.41, 5.74) is 2.34. The smallest absolute Gasteiger partial charge is 0.176 e. The number of hydrogen-bond donors (Lipinski definition) is 0. The Labute approximate surface area is 90.7 Å². The molecule has 0 spiro atoms. The molecule has 0 saturated carbocycles. The van der Waals surface area contributed by atoms with E-state index in [9.17, 15) is 0 Å². The highest BCUT2D eigenvalue weighted by molar-refractivity contribution is 5.81. The molecule has 0 N–H and O–H groups in total. The Morgan fingerprint density at radius 2 is 1.93 bits per heavy atom. The minimum atomic E-state index is -0.259. The molecule has 0 amide bonds. The van der Waals surface area contributed by atoms with Gasteiger partial charge in [0.25, 0.3) is 0 Å². The van der Waals surface area contributed by atoms with E-state index in [1.165, 1.54) is 5.56 Å². The second-order valence-corrected chi connectivity index (χ2v) is 3.25. The van der Waals surface area contributed by atoms with Crippen molar-refractivity contribution in [2.45, 2.75) is 13.2 Å². The fourth-order valence-electron chi connectivity index (χ4n) is 1.21. The fourth-order valence-corrected chi connectivity index (χ4v) is 1.21. The van der Waals surface area contributed by atoms with Crippen molar-refractivity contribution in [1.29, 1.82) is 0 Å². The lowest BCUT2D eigenvalue weighted by Crippen LogP contribution is -2.16. The van der Waals surface area contributed by atoms with Crippen molar-refractivity contribution in [3.63, 3.8) is 0 Å². The summed E-state index contributed by atoms with van der Waals surface area (Å²) in [5, 5.41) is 0. The van der Waals surface area contributed by atoms with Crippen LogP contribution in [0.5, 0.6) is 0 Å². The normalized spacial score (nSPS) is 11.5. The van der Waals surface area contributed by atoms with Crippen molar-refractivity contribution < 1.29 is 9.47 Å². The summed E-state index contributed by atoms with van der Waals surface area (Å²) in [6.45, 7) is 2.58. The summed E-state index contributed by atoms with van der Waals surface area (Å²) in [6, 6.07) is 8.11. The van der Waals surface area contributed by atoms with Gasteiger partial charge in [0.2, 0.25) is 0 Å².